The molecule has 3 nitrogen and oxygen atoms in total. The first-order chi connectivity index (χ1) is 8.61. The Morgan fingerprint density at radius 2 is 2.06 bits per heavy atom. The summed E-state index contributed by atoms with van der Waals surface area (Å²) in [4.78, 5) is 11.5. The molecule has 0 bridgehead atoms. The molecule has 0 saturated heterocycles. The van der Waals surface area contributed by atoms with Gasteiger partial charge in [-0.1, -0.05) is 6.58 Å². The van der Waals surface area contributed by atoms with Crippen molar-refractivity contribution in [1.82, 2.24) is 0 Å². The highest BCUT2D eigenvalue weighted by Crippen LogP contribution is 2.16. The molecule has 1 aromatic rings. The zero-order valence-corrected chi connectivity index (χ0v) is 11.3. The molecule has 4 heteroatoms. The Bertz CT molecular complexity index is 401. The van der Waals surface area contributed by atoms with Crippen LogP contribution in [0.4, 0.5) is 5.69 Å². The molecule has 0 aliphatic carbocycles. The van der Waals surface area contributed by atoms with E-state index in [2.05, 4.69) is 11.9 Å². The molecule has 0 unspecified atom stereocenters. The largest absolute Gasteiger partial charge is 0.489 e. The number of anilines is 1. The lowest BCUT2D eigenvalue weighted by Crippen LogP contribution is -2.11. The van der Waals surface area contributed by atoms with E-state index in [1.807, 2.05) is 31.2 Å². The van der Waals surface area contributed by atoms with Crippen molar-refractivity contribution in [3.63, 3.8) is 0 Å². The van der Waals surface area contributed by atoms with Crippen LogP contribution < -0.4 is 10.1 Å². The SMILES string of the molecule is C=C(C)COc1ccc(NC(=O)CCCCl)cc1. The van der Waals surface area contributed by atoms with Crippen LogP contribution in [-0.4, -0.2) is 18.4 Å². The quantitative estimate of drug-likeness (QED) is 0.606. The molecule has 0 aromatic heterocycles. The van der Waals surface area contributed by atoms with E-state index in [-0.39, 0.29) is 5.91 Å². The molecular weight excluding hydrogens is 250 g/mol. The second-order valence-corrected chi connectivity index (χ2v) is 4.49. The lowest BCUT2D eigenvalue weighted by atomic mass is 10.2. The zero-order valence-electron chi connectivity index (χ0n) is 10.5. The summed E-state index contributed by atoms with van der Waals surface area (Å²) in [6, 6.07) is 7.26. The summed E-state index contributed by atoms with van der Waals surface area (Å²) < 4.78 is 5.46. The van der Waals surface area contributed by atoms with Crippen LogP contribution >= 0.6 is 11.6 Å². The fourth-order valence-corrected chi connectivity index (χ4v) is 1.43. The second-order valence-electron chi connectivity index (χ2n) is 4.11. The van der Waals surface area contributed by atoms with Crippen LogP contribution in [0.5, 0.6) is 5.75 Å². The third kappa shape index (κ3) is 5.73. The topological polar surface area (TPSA) is 38.3 Å². The van der Waals surface area contributed by atoms with Crippen molar-refractivity contribution in [3.8, 4) is 5.75 Å². The zero-order chi connectivity index (χ0) is 13.4. The summed E-state index contributed by atoms with van der Waals surface area (Å²) in [5.74, 6) is 1.24. The molecule has 0 aliphatic rings. The van der Waals surface area contributed by atoms with Crippen LogP contribution in [0.1, 0.15) is 19.8 Å². The van der Waals surface area contributed by atoms with Gasteiger partial charge in [-0.15, -0.1) is 11.6 Å². The van der Waals surface area contributed by atoms with E-state index in [0.29, 0.717) is 25.3 Å². The number of alkyl halides is 1. The number of nitrogens with one attached hydrogen (secondary N) is 1. The normalized spacial score (nSPS) is 9.89. The fraction of sp³-hybridized carbons (Fsp3) is 0.357. The Balaban J connectivity index is 2.44. The molecular formula is C14H18ClNO2. The van der Waals surface area contributed by atoms with Crippen molar-refractivity contribution in [1.29, 1.82) is 0 Å². The highest BCUT2D eigenvalue weighted by molar-refractivity contribution is 6.18. The van der Waals surface area contributed by atoms with E-state index in [1.165, 1.54) is 0 Å². The Hall–Kier alpha value is -1.48. The number of ether oxygens (including phenoxy) is 1. The van der Waals surface area contributed by atoms with Crippen LogP contribution in [0.25, 0.3) is 0 Å². The van der Waals surface area contributed by atoms with Gasteiger partial charge in [0.15, 0.2) is 0 Å². The Morgan fingerprint density at radius 3 is 2.61 bits per heavy atom. The highest BCUT2D eigenvalue weighted by atomic mass is 35.5. The monoisotopic (exact) mass is 267 g/mol. The van der Waals surface area contributed by atoms with Crippen molar-refractivity contribution in [3.05, 3.63) is 36.4 Å². The minimum Gasteiger partial charge on any atom is -0.489 e. The van der Waals surface area contributed by atoms with Crippen molar-refractivity contribution in [2.75, 3.05) is 17.8 Å². The summed E-state index contributed by atoms with van der Waals surface area (Å²) in [5, 5.41) is 2.80. The van der Waals surface area contributed by atoms with E-state index in [0.717, 1.165) is 17.0 Å². The Kier molecular flexibility index (Phi) is 6.29. The maximum Gasteiger partial charge on any atom is 0.224 e. The molecule has 1 rings (SSSR count). The van der Waals surface area contributed by atoms with E-state index < -0.39 is 0 Å². The van der Waals surface area contributed by atoms with Gasteiger partial charge in [0, 0.05) is 18.0 Å². The lowest BCUT2D eigenvalue weighted by Gasteiger charge is -2.08. The number of carbonyl (C=O) groups is 1. The molecule has 0 fully saturated rings. The molecule has 1 aromatic carbocycles. The fourth-order valence-electron chi connectivity index (χ4n) is 1.29. The molecule has 0 heterocycles. The molecule has 1 amide bonds. The molecule has 1 N–H and O–H groups in total. The van der Waals surface area contributed by atoms with Gasteiger partial charge in [0.05, 0.1) is 0 Å². The van der Waals surface area contributed by atoms with Crippen LogP contribution in [0, 0.1) is 0 Å². The van der Waals surface area contributed by atoms with Crippen LogP contribution in [0.3, 0.4) is 0 Å². The average Bonchev–Trinajstić information content (AvgIpc) is 2.35. The maximum atomic E-state index is 11.5. The van der Waals surface area contributed by atoms with Crippen molar-refractivity contribution in [2.24, 2.45) is 0 Å². The van der Waals surface area contributed by atoms with E-state index in [1.54, 1.807) is 0 Å². The minimum atomic E-state index is -0.0220. The van der Waals surface area contributed by atoms with Gasteiger partial charge in [-0.05, 0) is 43.2 Å². The first kappa shape index (κ1) is 14.6. The maximum absolute atomic E-state index is 11.5. The van der Waals surface area contributed by atoms with Gasteiger partial charge in [-0.2, -0.15) is 0 Å². The standard InChI is InChI=1S/C14H18ClNO2/c1-11(2)10-18-13-7-5-12(6-8-13)16-14(17)4-3-9-15/h5-8H,1,3-4,9-10H2,2H3,(H,16,17). The minimum absolute atomic E-state index is 0.0220. The van der Waals surface area contributed by atoms with Crippen LogP contribution in [-0.2, 0) is 4.79 Å². The van der Waals surface area contributed by atoms with E-state index in [9.17, 15) is 4.79 Å². The van der Waals surface area contributed by atoms with Gasteiger partial charge >= 0.3 is 0 Å². The van der Waals surface area contributed by atoms with Gasteiger partial charge in [0.2, 0.25) is 5.91 Å². The third-order valence-electron chi connectivity index (χ3n) is 2.16. The summed E-state index contributed by atoms with van der Waals surface area (Å²) in [5.41, 5.74) is 1.73. The molecule has 98 valence electrons. The number of amides is 1. The predicted molar refractivity (Wildman–Crippen MR) is 75.3 cm³/mol. The van der Waals surface area contributed by atoms with Gasteiger partial charge in [0.25, 0.3) is 0 Å². The van der Waals surface area contributed by atoms with Crippen molar-refractivity contribution >= 4 is 23.2 Å². The number of carbonyl (C=O) groups excluding carboxylic acids is 1. The number of hydrogen-bond acceptors (Lipinski definition) is 2. The average molecular weight is 268 g/mol. The summed E-state index contributed by atoms with van der Waals surface area (Å²) in [6.45, 7) is 6.17. The summed E-state index contributed by atoms with van der Waals surface area (Å²) in [7, 11) is 0. The van der Waals surface area contributed by atoms with Crippen molar-refractivity contribution < 1.29 is 9.53 Å². The summed E-state index contributed by atoms with van der Waals surface area (Å²) in [6.07, 6.45) is 1.13. The lowest BCUT2D eigenvalue weighted by molar-refractivity contribution is -0.116. The molecule has 0 saturated carbocycles. The third-order valence-corrected chi connectivity index (χ3v) is 2.43. The Morgan fingerprint density at radius 1 is 1.39 bits per heavy atom. The summed E-state index contributed by atoms with van der Waals surface area (Å²) >= 11 is 5.53. The smallest absolute Gasteiger partial charge is 0.224 e. The number of rotatable bonds is 7. The van der Waals surface area contributed by atoms with Crippen LogP contribution in [0.15, 0.2) is 36.4 Å². The van der Waals surface area contributed by atoms with Gasteiger partial charge < -0.3 is 10.1 Å². The molecule has 0 radical (unpaired) electrons. The molecule has 18 heavy (non-hydrogen) atoms. The molecule has 0 atom stereocenters. The van der Waals surface area contributed by atoms with E-state index in [4.69, 9.17) is 16.3 Å². The second kappa shape index (κ2) is 7.77. The number of benzene rings is 1. The van der Waals surface area contributed by atoms with Gasteiger partial charge in [-0.25, -0.2) is 0 Å². The number of hydrogen-bond donors (Lipinski definition) is 1. The molecule has 0 aliphatic heterocycles. The first-order valence-corrected chi connectivity index (χ1v) is 6.38. The van der Waals surface area contributed by atoms with Gasteiger partial charge in [0.1, 0.15) is 12.4 Å². The van der Waals surface area contributed by atoms with Crippen LogP contribution in [0.2, 0.25) is 0 Å². The number of halogens is 1. The molecule has 0 spiro atoms. The van der Waals surface area contributed by atoms with E-state index >= 15 is 0 Å². The Labute approximate surface area is 113 Å². The van der Waals surface area contributed by atoms with Crippen molar-refractivity contribution in [2.45, 2.75) is 19.8 Å². The highest BCUT2D eigenvalue weighted by Gasteiger charge is 2.02. The van der Waals surface area contributed by atoms with Gasteiger partial charge in [-0.3, -0.25) is 4.79 Å². The predicted octanol–water partition coefficient (Wildman–Crippen LogP) is 3.60. The first-order valence-electron chi connectivity index (χ1n) is 5.85.